The molecule has 0 saturated heterocycles. The van der Waals surface area contributed by atoms with Gasteiger partial charge in [0.25, 0.3) is 0 Å². The monoisotopic (exact) mass is 437 g/mol. The quantitative estimate of drug-likeness (QED) is 0.301. The number of para-hydroxylation sites is 2. The van der Waals surface area contributed by atoms with E-state index in [1.807, 2.05) is 0 Å². The van der Waals surface area contributed by atoms with Crippen molar-refractivity contribution in [3.05, 3.63) is 138 Å². The molecule has 0 fully saturated rings. The Labute approximate surface area is 198 Å². The molecular formula is C32H23NO. The summed E-state index contributed by atoms with van der Waals surface area (Å²) >= 11 is 0. The number of nitrogens with one attached hydrogen (secondary N) is 1. The van der Waals surface area contributed by atoms with Crippen molar-refractivity contribution < 1.29 is 4.74 Å². The Morgan fingerprint density at radius 2 is 1.15 bits per heavy atom. The van der Waals surface area contributed by atoms with Crippen LogP contribution in [0.4, 0.5) is 0 Å². The average molecular weight is 438 g/mol. The first-order valence-corrected chi connectivity index (χ1v) is 11.7. The Morgan fingerprint density at radius 3 is 1.85 bits per heavy atom. The SMILES string of the molecule is COc1ccc(C2(c3cccc4c3[nH]c3ccccc34)c3ccccc3-c3ccccc32)cc1. The zero-order valence-electron chi connectivity index (χ0n) is 18.9. The number of benzene rings is 5. The molecule has 0 aliphatic heterocycles. The molecule has 1 heterocycles. The Balaban J connectivity index is 1.68. The van der Waals surface area contributed by atoms with Crippen LogP contribution in [0.15, 0.2) is 115 Å². The highest BCUT2D eigenvalue weighted by molar-refractivity contribution is 6.09. The van der Waals surface area contributed by atoms with Gasteiger partial charge in [-0.15, -0.1) is 0 Å². The van der Waals surface area contributed by atoms with Crippen molar-refractivity contribution in [3.8, 4) is 16.9 Å². The summed E-state index contributed by atoms with van der Waals surface area (Å²) in [5.74, 6) is 0.863. The molecule has 34 heavy (non-hydrogen) atoms. The first-order chi connectivity index (χ1) is 16.8. The van der Waals surface area contributed by atoms with Crippen LogP contribution in [0.3, 0.4) is 0 Å². The number of ether oxygens (including phenoxy) is 1. The normalized spacial score (nSPS) is 13.7. The van der Waals surface area contributed by atoms with Crippen molar-refractivity contribution in [2.75, 3.05) is 7.11 Å². The summed E-state index contributed by atoms with van der Waals surface area (Å²) in [7, 11) is 1.72. The van der Waals surface area contributed by atoms with Gasteiger partial charge in [-0.1, -0.05) is 97.1 Å². The molecule has 2 heteroatoms. The molecule has 0 radical (unpaired) electrons. The van der Waals surface area contributed by atoms with Gasteiger partial charge in [-0.3, -0.25) is 0 Å². The van der Waals surface area contributed by atoms with Crippen molar-refractivity contribution >= 4 is 21.8 Å². The number of H-pyrrole nitrogens is 1. The molecule has 0 spiro atoms. The molecule has 7 rings (SSSR count). The molecule has 1 aromatic heterocycles. The van der Waals surface area contributed by atoms with Crippen LogP contribution in [-0.4, -0.2) is 12.1 Å². The number of rotatable bonds is 3. The van der Waals surface area contributed by atoms with E-state index in [9.17, 15) is 0 Å². The molecule has 162 valence electrons. The summed E-state index contributed by atoms with van der Waals surface area (Å²) < 4.78 is 5.51. The molecule has 1 aliphatic carbocycles. The number of hydrogen-bond acceptors (Lipinski definition) is 1. The summed E-state index contributed by atoms with van der Waals surface area (Å²) in [6.07, 6.45) is 0. The van der Waals surface area contributed by atoms with Crippen LogP contribution in [-0.2, 0) is 5.41 Å². The molecular weight excluding hydrogens is 414 g/mol. The van der Waals surface area contributed by atoms with E-state index < -0.39 is 5.41 Å². The first-order valence-electron chi connectivity index (χ1n) is 11.7. The van der Waals surface area contributed by atoms with Gasteiger partial charge in [0.2, 0.25) is 0 Å². The molecule has 1 N–H and O–H groups in total. The van der Waals surface area contributed by atoms with Crippen molar-refractivity contribution in [2.45, 2.75) is 5.41 Å². The van der Waals surface area contributed by atoms with Crippen molar-refractivity contribution in [1.29, 1.82) is 0 Å². The maximum absolute atomic E-state index is 5.51. The molecule has 6 aromatic rings. The van der Waals surface area contributed by atoms with E-state index in [1.165, 1.54) is 49.7 Å². The smallest absolute Gasteiger partial charge is 0.118 e. The van der Waals surface area contributed by atoms with Gasteiger partial charge in [0.15, 0.2) is 0 Å². The van der Waals surface area contributed by atoms with Gasteiger partial charge in [-0.05, 0) is 51.6 Å². The summed E-state index contributed by atoms with van der Waals surface area (Å²) in [6, 6.07) is 41.6. The van der Waals surface area contributed by atoms with Crippen LogP contribution in [0.1, 0.15) is 22.3 Å². The maximum atomic E-state index is 5.51. The van der Waals surface area contributed by atoms with Gasteiger partial charge >= 0.3 is 0 Å². The van der Waals surface area contributed by atoms with Gasteiger partial charge in [-0.25, -0.2) is 0 Å². The van der Waals surface area contributed by atoms with E-state index in [2.05, 4.69) is 120 Å². The molecule has 0 amide bonds. The third-order valence-electron chi connectivity index (χ3n) is 7.42. The van der Waals surface area contributed by atoms with Crippen LogP contribution in [0.25, 0.3) is 32.9 Å². The second-order valence-electron chi connectivity index (χ2n) is 8.97. The summed E-state index contributed by atoms with van der Waals surface area (Å²) in [5, 5.41) is 2.51. The van der Waals surface area contributed by atoms with Gasteiger partial charge in [0, 0.05) is 16.3 Å². The van der Waals surface area contributed by atoms with Gasteiger partial charge in [0.05, 0.1) is 18.0 Å². The lowest BCUT2D eigenvalue weighted by Crippen LogP contribution is -2.29. The molecule has 5 aromatic carbocycles. The third kappa shape index (κ3) is 2.40. The number of fused-ring (bicyclic) bond motifs is 6. The standard InChI is InChI=1S/C32H23NO/c1-34-22-19-17-21(18-20-22)32(27-13-5-2-9-23(27)24-10-3-6-14-28(24)32)29-15-8-12-26-25-11-4-7-16-30(25)33-31(26)29/h2-20,33H,1H3. The Kier molecular flexibility index (Phi) is 4.01. The molecule has 2 nitrogen and oxygen atoms in total. The largest absolute Gasteiger partial charge is 0.497 e. The fourth-order valence-corrected chi connectivity index (χ4v) is 6.02. The van der Waals surface area contributed by atoms with E-state index >= 15 is 0 Å². The van der Waals surface area contributed by atoms with E-state index in [0.717, 1.165) is 11.3 Å². The molecule has 0 unspecified atom stereocenters. The molecule has 0 bridgehead atoms. The minimum atomic E-state index is -0.445. The van der Waals surface area contributed by atoms with Crippen molar-refractivity contribution in [2.24, 2.45) is 0 Å². The second kappa shape index (κ2) is 7.10. The van der Waals surface area contributed by atoms with Gasteiger partial charge in [0.1, 0.15) is 5.75 Å². The second-order valence-corrected chi connectivity index (χ2v) is 8.97. The average Bonchev–Trinajstić information content (AvgIpc) is 3.43. The fraction of sp³-hybridized carbons (Fsp3) is 0.0625. The minimum Gasteiger partial charge on any atom is -0.497 e. The lowest BCUT2D eigenvalue weighted by Gasteiger charge is -2.34. The van der Waals surface area contributed by atoms with Crippen LogP contribution in [0.5, 0.6) is 5.75 Å². The zero-order chi connectivity index (χ0) is 22.7. The topological polar surface area (TPSA) is 25.0 Å². The number of methoxy groups -OCH3 is 1. The summed E-state index contributed by atoms with van der Waals surface area (Å²) in [5.41, 5.74) is 9.62. The Bertz CT molecular complexity index is 1640. The summed E-state index contributed by atoms with van der Waals surface area (Å²) in [6.45, 7) is 0. The predicted molar refractivity (Wildman–Crippen MR) is 140 cm³/mol. The maximum Gasteiger partial charge on any atom is 0.118 e. The minimum absolute atomic E-state index is 0.445. The Hall–Kier alpha value is -4.30. The molecule has 0 atom stereocenters. The number of aromatic amines is 1. The first kappa shape index (κ1) is 19.2. The number of aromatic nitrogens is 1. The fourth-order valence-electron chi connectivity index (χ4n) is 6.02. The van der Waals surface area contributed by atoms with E-state index in [-0.39, 0.29) is 0 Å². The molecule has 1 aliphatic rings. The summed E-state index contributed by atoms with van der Waals surface area (Å²) in [4.78, 5) is 3.78. The van der Waals surface area contributed by atoms with E-state index in [4.69, 9.17) is 4.74 Å². The number of hydrogen-bond donors (Lipinski definition) is 1. The van der Waals surface area contributed by atoms with E-state index in [0.29, 0.717) is 0 Å². The van der Waals surface area contributed by atoms with Gasteiger partial charge < -0.3 is 9.72 Å². The van der Waals surface area contributed by atoms with Crippen LogP contribution < -0.4 is 4.74 Å². The molecule has 0 saturated carbocycles. The Morgan fingerprint density at radius 1 is 0.559 bits per heavy atom. The van der Waals surface area contributed by atoms with Crippen molar-refractivity contribution in [1.82, 2.24) is 4.98 Å². The highest BCUT2D eigenvalue weighted by Crippen LogP contribution is 2.57. The van der Waals surface area contributed by atoms with Crippen LogP contribution in [0.2, 0.25) is 0 Å². The highest BCUT2D eigenvalue weighted by atomic mass is 16.5. The van der Waals surface area contributed by atoms with Crippen LogP contribution in [0, 0.1) is 0 Å². The van der Waals surface area contributed by atoms with Crippen LogP contribution >= 0.6 is 0 Å². The van der Waals surface area contributed by atoms with Crippen molar-refractivity contribution in [3.63, 3.8) is 0 Å². The zero-order valence-corrected chi connectivity index (χ0v) is 18.9. The van der Waals surface area contributed by atoms with E-state index in [1.54, 1.807) is 7.11 Å². The highest BCUT2D eigenvalue weighted by Gasteiger charge is 2.47. The lowest BCUT2D eigenvalue weighted by molar-refractivity contribution is 0.414. The third-order valence-corrected chi connectivity index (χ3v) is 7.42. The van der Waals surface area contributed by atoms with Gasteiger partial charge in [-0.2, -0.15) is 0 Å². The lowest BCUT2D eigenvalue weighted by atomic mass is 9.67. The predicted octanol–water partition coefficient (Wildman–Crippen LogP) is 7.69.